The third-order valence-electron chi connectivity index (χ3n) is 10.6. The van der Waals surface area contributed by atoms with Crippen LogP contribution < -0.4 is 32.3 Å². The number of aliphatic hydroxyl groups excluding tert-OH is 1. The molecule has 3 heterocycles. The van der Waals surface area contributed by atoms with Crippen molar-refractivity contribution >= 4 is 47.3 Å². The highest BCUT2D eigenvalue weighted by molar-refractivity contribution is 5.98. The van der Waals surface area contributed by atoms with Gasteiger partial charge in [0, 0.05) is 37.8 Å². The Bertz CT molecular complexity index is 1840. The molecule has 60 heavy (non-hydrogen) atoms. The van der Waals surface area contributed by atoms with Crippen LogP contribution in [0.15, 0.2) is 42.9 Å². The molecule has 2 aromatic rings. The Morgan fingerprint density at radius 1 is 0.750 bits per heavy atom. The van der Waals surface area contributed by atoms with E-state index in [2.05, 4.69) is 36.6 Å². The first-order valence-corrected chi connectivity index (χ1v) is 20.2. The smallest absolute Gasteiger partial charge is 0.326 e. The Morgan fingerprint density at radius 2 is 1.35 bits per heavy atom. The number of imidazole rings is 1. The monoisotopic (exact) mass is 838 g/mol. The minimum Gasteiger partial charge on any atom is -0.480 e. The van der Waals surface area contributed by atoms with Crippen LogP contribution in [0.1, 0.15) is 71.6 Å². The number of aliphatic carboxylic acids is 1. The summed E-state index contributed by atoms with van der Waals surface area (Å²) in [5.74, 6) is -6.29. The zero-order chi connectivity index (χ0) is 44.3. The number of aromatic amines is 1. The van der Waals surface area contributed by atoms with Gasteiger partial charge in [0.2, 0.25) is 41.4 Å². The second-order valence-corrected chi connectivity index (χ2v) is 15.8. The van der Waals surface area contributed by atoms with Gasteiger partial charge in [0.05, 0.1) is 18.5 Å². The number of rotatable bonds is 19. The highest BCUT2D eigenvalue weighted by Gasteiger charge is 2.43. The molecule has 7 amide bonds. The maximum atomic E-state index is 14.4. The lowest BCUT2D eigenvalue weighted by atomic mass is 10.0. The number of nitrogens with two attached hydrogens (primary N) is 1. The van der Waals surface area contributed by atoms with Gasteiger partial charge in [-0.1, -0.05) is 44.2 Å². The number of likely N-dealkylation sites (tertiary alicyclic amines) is 2. The molecule has 0 unspecified atom stereocenters. The maximum Gasteiger partial charge on any atom is 0.326 e. The summed E-state index contributed by atoms with van der Waals surface area (Å²) in [5, 5.41) is 33.2. The lowest BCUT2D eigenvalue weighted by Crippen LogP contribution is -2.61. The lowest BCUT2D eigenvalue weighted by molar-refractivity contribution is -0.145. The number of aromatic nitrogens is 2. The molecule has 328 valence electrons. The molecule has 2 saturated heterocycles. The number of hydrogen-bond donors (Lipinski definition) is 9. The van der Waals surface area contributed by atoms with E-state index in [0.717, 1.165) is 0 Å². The van der Waals surface area contributed by atoms with Gasteiger partial charge in [-0.15, -0.1) is 0 Å². The van der Waals surface area contributed by atoms with E-state index in [1.807, 2.05) is 0 Å². The molecule has 20 heteroatoms. The normalized spacial score (nSPS) is 19.9. The summed E-state index contributed by atoms with van der Waals surface area (Å²) >= 11 is 0. The number of carbonyl (C=O) groups excluding carboxylic acids is 7. The van der Waals surface area contributed by atoms with Crippen LogP contribution >= 0.6 is 0 Å². The molecule has 0 radical (unpaired) electrons. The number of carboxylic acids is 1. The molecule has 2 fully saturated rings. The number of carbonyl (C=O) groups is 8. The molecular formula is C40H58N10O10. The first-order chi connectivity index (χ1) is 28.4. The second-order valence-electron chi connectivity index (χ2n) is 15.8. The summed E-state index contributed by atoms with van der Waals surface area (Å²) in [6, 6.07) is -0.216. The zero-order valence-electron chi connectivity index (χ0n) is 34.6. The van der Waals surface area contributed by atoms with Gasteiger partial charge in [0.1, 0.15) is 42.3 Å². The van der Waals surface area contributed by atoms with Crippen molar-refractivity contribution in [3.8, 4) is 0 Å². The summed E-state index contributed by atoms with van der Waals surface area (Å²) < 4.78 is 0. The molecule has 2 aliphatic rings. The predicted molar refractivity (Wildman–Crippen MR) is 215 cm³/mol. The number of aliphatic hydroxyl groups is 1. The number of carboxylic acid groups (broad SMARTS) is 1. The minimum absolute atomic E-state index is 0.0399. The van der Waals surface area contributed by atoms with Gasteiger partial charge >= 0.3 is 5.97 Å². The van der Waals surface area contributed by atoms with Crippen LogP contribution in [0.3, 0.4) is 0 Å². The number of benzene rings is 1. The van der Waals surface area contributed by atoms with Gasteiger partial charge < -0.3 is 57.3 Å². The number of H-pyrrole nitrogens is 1. The standard InChI is InChI=1S/C40H58N10O10/c1-21(2)31(47-34(53)23(4)44-33(52)22(3)41)39(58)50-16-10-13-29(50)35(54)45-27(17-25-11-7-6-8-12-25)38(57)49-15-9-14-30(49)36(55)48-32(24(5)51)37(56)46-28(40(59)60)18-26-19-42-20-43-26/h6-8,11-12,19-24,27-32,51H,9-10,13-18,41H2,1-5H3,(H,42,43)(H,44,52)(H,45,54)(H,46,56)(H,47,53)(H,48,55)(H,59,60)/t22-,23-,24+,27-,28-,29-,30-,31-,32-/m0/s1. The van der Waals surface area contributed by atoms with Crippen molar-refractivity contribution in [2.75, 3.05) is 13.1 Å². The Hall–Kier alpha value is -5.89. The number of hydrogen-bond acceptors (Lipinski definition) is 11. The number of nitrogens with zero attached hydrogens (tertiary/aromatic N) is 3. The van der Waals surface area contributed by atoms with Crippen molar-refractivity contribution in [3.05, 3.63) is 54.1 Å². The topological polar surface area (TPSA) is 298 Å². The number of amides is 7. The van der Waals surface area contributed by atoms with E-state index in [4.69, 9.17) is 5.73 Å². The molecule has 1 aromatic carbocycles. The largest absolute Gasteiger partial charge is 0.480 e. The summed E-state index contributed by atoms with van der Waals surface area (Å²) in [5.41, 5.74) is 6.75. The molecule has 2 aliphatic heterocycles. The van der Waals surface area contributed by atoms with E-state index in [1.54, 1.807) is 44.2 Å². The quantitative estimate of drug-likeness (QED) is 0.0749. The van der Waals surface area contributed by atoms with E-state index in [0.29, 0.717) is 24.1 Å². The molecule has 0 bridgehead atoms. The van der Waals surface area contributed by atoms with Crippen LogP contribution in [-0.2, 0) is 51.2 Å². The predicted octanol–water partition coefficient (Wildman–Crippen LogP) is -1.91. The average molecular weight is 839 g/mol. The third-order valence-corrected chi connectivity index (χ3v) is 10.6. The van der Waals surface area contributed by atoms with E-state index < -0.39 is 108 Å². The SMILES string of the molecule is CC(C)[C@H](NC(=O)[C@H](C)NC(=O)[C@H](C)N)C(=O)N1CCC[C@H]1C(=O)N[C@@H](Cc1ccccc1)C(=O)N1CCC[C@H]1C(=O)N[C@H](C(=O)N[C@@H](Cc1cnc[nH]1)C(=O)O)[C@@H](C)O. The van der Waals surface area contributed by atoms with Crippen LogP contribution in [0, 0.1) is 5.92 Å². The van der Waals surface area contributed by atoms with Crippen molar-refractivity contribution in [2.45, 2.75) is 128 Å². The fourth-order valence-electron chi connectivity index (χ4n) is 7.24. The summed E-state index contributed by atoms with van der Waals surface area (Å²) in [6.45, 7) is 8.03. The molecule has 1 aromatic heterocycles. The van der Waals surface area contributed by atoms with Crippen LogP contribution in [0.4, 0.5) is 0 Å². The van der Waals surface area contributed by atoms with Crippen LogP contribution in [0.5, 0.6) is 0 Å². The van der Waals surface area contributed by atoms with E-state index in [1.165, 1.54) is 43.1 Å². The van der Waals surface area contributed by atoms with Gasteiger partial charge in [-0.3, -0.25) is 33.6 Å². The fourth-order valence-corrected chi connectivity index (χ4v) is 7.24. The highest BCUT2D eigenvalue weighted by Crippen LogP contribution is 2.23. The van der Waals surface area contributed by atoms with Crippen molar-refractivity contribution in [2.24, 2.45) is 11.7 Å². The minimum atomic E-state index is -1.57. The lowest BCUT2D eigenvalue weighted by Gasteiger charge is -2.33. The van der Waals surface area contributed by atoms with Crippen LogP contribution in [0.25, 0.3) is 0 Å². The average Bonchev–Trinajstić information content (AvgIpc) is 4.01. The van der Waals surface area contributed by atoms with Crippen molar-refractivity contribution in [1.29, 1.82) is 0 Å². The molecule has 0 spiro atoms. The molecule has 10 N–H and O–H groups in total. The van der Waals surface area contributed by atoms with Crippen molar-refractivity contribution < 1.29 is 48.6 Å². The first kappa shape index (κ1) is 46.8. The van der Waals surface area contributed by atoms with Crippen molar-refractivity contribution in [3.63, 3.8) is 0 Å². The first-order valence-electron chi connectivity index (χ1n) is 20.2. The number of nitrogens with one attached hydrogen (secondary N) is 6. The van der Waals surface area contributed by atoms with E-state index >= 15 is 0 Å². The molecule has 9 atom stereocenters. The van der Waals surface area contributed by atoms with Crippen LogP contribution in [0.2, 0.25) is 0 Å². The Balaban J connectivity index is 1.49. The van der Waals surface area contributed by atoms with Gasteiger partial charge in [-0.25, -0.2) is 9.78 Å². The molecular weight excluding hydrogens is 780 g/mol. The summed E-state index contributed by atoms with van der Waals surface area (Å²) in [4.78, 5) is 116. The molecule has 20 nitrogen and oxygen atoms in total. The van der Waals surface area contributed by atoms with E-state index in [-0.39, 0.29) is 38.8 Å². The summed E-state index contributed by atoms with van der Waals surface area (Å²) in [7, 11) is 0. The molecule has 0 aliphatic carbocycles. The van der Waals surface area contributed by atoms with E-state index in [9.17, 15) is 48.6 Å². The summed E-state index contributed by atoms with van der Waals surface area (Å²) in [6.07, 6.45) is 2.58. The molecule has 4 rings (SSSR count). The molecule has 0 saturated carbocycles. The van der Waals surface area contributed by atoms with Crippen molar-refractivity contribution in [1.82, 2.24) is 46.4 Å². The van der Waals surface area contributed by atoms with Crippen LogP contribution in [-0.4, -0.2) is 145 Å². The zero-order valence-corrected chi connectivity index (χ0v) is 34.6. The maximum absolute atomic E-state index is 14.4. The third kappa shape index (κ3) is 12.3. The Morgan fingerprint density at radius 3 is 1.88 bits per heavy atom. The Kier molecular flexibility index (Phi) is 16.7. The Labute approximate surface area is 348 Å². The second kappa shape index (κ2) is 21.4. The van der Waals surface area contributed by atoms with Gasteiger partial charge in [0.25, 0.3) is 0 Å². The van der Waals surface area contributed by atoms with Gasteiger partial charge in [0.15, 0.2) is 0 Å². The van der Waals surface area contributed by atoms with Gasteiger partial charge in [-0.2, -0.15) is 0 Å². The van der Waals surface area contributed by atoms with Gasteiger partial charge in [-0.05, 0) is 57.9 Å². The highest BCUT2D eigenvalue weighted by atomic mass is 16.4. The fraction of sp³-hybridized carbons (Fsp3) is 0.575.